The van der Waals surface area contributed by atoms with Crippen LogP contribution in [0.25, 0.3) is 0 Å². The van der Waals surface area contributed by atoms with Crippen molar-refractivity contribution in [3.63, 3.8) is 0 Å². The summed E-state index contributed by atoms with van der Waals surface area (Å²) in [5, 5.41) is 11.5. The number of nitrogens with one attached hydrogen (secondary N) is 1. The van der Waals surface area contributed by atoms with Crippen LogP contribution in [0.1, 0.15) is 32.6 Å². The highest BCUT2D eigenvalue weighted by atomic mass is 16.5. The van der Waals surface area contributed by atoms with Crippen LogP contribution in [-0.4, -0.2) is 19.3 Å². The van der Waals surface area contributed by atoms with Gasteiger partial charge in [-0.3, -0.25) is 0 Å². The Bertz CT molecular complexity index is 244. The van der Waals surface area contributed by atoms with Gasteiger partial charge in [-0.1, -0.05) is 26.3 Å². The van der Waals surface area contributed by atoms with Crippen LogP contribution < -0.4 is 5.32 Å². The Morgan fingerprint density at radius 3 is 3.13 bits per heavy atom. The van der Waals surface area contributed by atoms with Crippen LogP contribution in [-0.2, 0) is 4.74 Å². The van der Waals surface area contributed by atoms with Crippen LogP contribution in [0.2, 0.25) is 0 Å². The fourth-order valence-corrected chi connectivity index (χ4v) is 1.88. The van der Waals surface area contributed by atoms with Gasteiger partial charge in [-0.05, 0) is 18.8 Å². The van der Waals surface area contributed by atoms with E-state index >= 15 is 0 Å². The van der Waals surface area contributed by atoms with Gasteiger partial charge in [-0.25, -0.2) is 0 Å². The van der Waals surface area contributed by atoms with Gasteiger partial charge in [0.25, 0.3) is 0 Å². The summed E-state index contributed by atoms with van der Waals surface area (Å²) in [6.45, 7) is 7.31. The van der Waals surface area contributed by atoms with Crippen molar-refractivity contribution >= 4 is 0 Å². The van der Waals surface area contributed by atoms with Crippen LogP contribution in [0, 0.1) is 17.2 Å². The third-order valence-corrected chi connectivity index (χ3v) is 2.81. The standard InChI is InChI=1S/C12H20N2O/c1-10-5-3-4-8-15-12(9-10)11(2)14-7-6-13/h10,12,14H,2-5,7-9H2,1H3. The summed E-state index contributed by atoms with van der Waals surface area (Å²) in [7, 11) is 0. The number of nitriles is 1. The molecule has 1 fully saturated rings. The van der Waals surface area contributed by atoms with Gasteiger partial charge in [0.1, 0.15) is 6.54 Å². The third-order valence-electron chi connectivity index (χ3n) is 2.81. The van der Waals surface area contributed by atoms with Gasteiger partial charge in [0.05, 0.1) is 12.2 Å². The van der Waals surface area contributed by atoms with E-state index in [1.165, 1.54) is 12.8 Å². The zero-order chi connectivity index (χ0) is 11.1. The minimum atomic E-state index is 0.0775. The molecule has 84 valence electrons. The first-order chi connectivity index (χ1) is 7.24. The molecule has 0 spiro atoms. The van der Waals surface area contributed by atoms with Gasteiger partial charge in [0.15, 0.2) is 0 Å². The first kappa shape index (κ1) is 12.1. The molecular formula is C12H20N2O. The monoisotopic (exact) mass is 208 g/mol. The Morgan fingerprint density at radius 1 is 1.60 bits per heavy atom. The van der Waals surface area contributed by atoms with E-state index in [9.17, 15) is 0 Å². The van der Waals surface area contributed by atoms with Crippen molar-refractivity contribution in [1.29, 1.82) is 5.26 Å². The summed E-state index contributed by atoms with van der Waals surface area (Å²) in [4.78, 5) is 0. The van der Waals surface area contributed by atoms with Crippen molar-refractivity contribution in [2.45, 2.75) is 38.7 Å². The molecule has 0 bridgehead atoms. The molecule has 0 saturated carbocycles. The molecule has 0 aromatic carbocycles. The highest BCUT2D eigenvalue weighted by Crippen LogP contribution is 2.22. The van der Waals surface area contributed by atoms with Crippen molar-refractivity contribution in [3.05, 3.63) is 12.3 Å². The van der Waals surface area contributed by atoms with Crippen LogP contribution in [0.3, 0.4) is 0 Å². The quantitative estimate of drug-likeness (QED) is 0.723. The van der Waals surface area contributed by atoms with Gasteiger partial charge >= 0.3 is 0 Å². The van der Waals surface area contributed by atoms with Crippen LogP contribution >= 0.6 is 0 Å². The molecule has 1 rings (SSSR count). The Kier molecular flexibility index (Phi) is 5.20. The van der Waals surface area contributed by atoms with E-state index in [-0.39, 0.29) is 6.10 Å². The summed E-state index contributed by atoms with van der Waals surface area (Å²) in [5.41, 5.74) is 0.852. The molecule has 1 N–H and O–H groups in total. The maximum atomic E-state index is 8.47. The van der Waals surface area contributed by atoms with Crippen molar-refractivity contribution in [2.75, 3.05) is 13.2 Å². The van der Waals surface area contributed by atoms with Crippen LogP contribution in [0.15, 0.2) is 12.3 Å². The van der Waals surface area contributed by atoms with E-state index in [0.29, 0.717) is 12.5 Å². The molecule has 0 aliphatic carbocycles. The summed E-state index contributed by atoms with van der Waals surface area (Å²) in [6.07, 6.45) is 4.75. The molecule has 15 heavy (non-hydrogen) atoms. The molecule has 1 heterocycles. The van der Waals surface area contributed by atoms with E-state index in [0.717, 1.165) is 25.1 Å². The topological polar surface area (TPSA) is 45.0 Å². The van der Waals surface area contributed by atoms with E-state index in [4.69, 9.17) is 10.00 Å². The molecule has 0 amide bonds. The van der Waals surface area contributed by atoms with E-state index in [2.05, 4.69) is 18.8 Å². The zero-order valence-electron chi connectivity index (χ0n) is 9.46. The first-order valence-corrected chi connectivity index (χ1v) is 5.65. The predicted octanol–water partition coefficient (Wildman–Crippen LogP) is 2.21. The highest BCUT2D eigenvalue weighted by molar-refractivity contribution is 5.02. The predicted molar refractivity (Wildman–Crippen MR) is 60.1 cm³/mol. The molecule has 0 aromatic heterocycles. The molecule has 0 radical (unpaired) electrons. The fourth-order valence-electron chi connectivity index (χ4n) is 1.88. The van der Waals surface area contributed by atoms with E-state index in [1.54, 1.807) is 0 Å². The second-order valence-corrected chi connectivity index (χ2v) is 4.23. The normalized spacial score (nSPS) is 27.2. The molecular weight excluding hydrogens is 188 g/mol. The lowest BCUT2D eigenvalue weighted by atomic mass is 9.95. The number of ether oxygens (including phenoxy) is 1. The molecule has 1 saturated heterocycles. The number of nitrogens with zero attached hydrogens (tertiary/aromatic N) is 1. The average Bonchev–Trinajstić information content (AvgIpc) is 2.19. The lowest BCUT2D eigenvalue weighted by Gasteiger charge is -2.26. The van der Waals surface area contributed by atoms with Gasteiger partial charge in [-0.15, -0.1) is 0 Å². The molecule has 0 aromatic rings. The number of hydrogen-bond acceptors (Lipinski definition) is 3. The van der Waals surface area contributed by atoms with Crippen molar-refractivity contribution in [1.82, 2.24) is 5.32 Å². The van der Waals surface area contributed by atoms with Crippen molar-refractivity contribution in [2.24, 2.45) is 5.92 Å². The molecule has 3 nitrogen and oxygen atoms in total. The number of hydrogen-bond donors (Lipinski definition) is 1. The Labute approximate surface area is 92.1 Å². The van der Waals surface area contributed by atoms with Gasteiger partial charge < -0.3 is 10.1 Å². The summed E-state index contributed by atoms with van der Waals surface area (Å²) >= 11 is 0. The van der Waals surface area contributed by atoms with E-state index < -0.39 is 0 Å². The minimum absolute atomic E-state index is 0.0775. The summed E-state index contributed by atoms with van der Waals surface area (Å²) in [5.74, 6) is 0.677. The average molecular weight is 208 g/mol. The second kappa shape index (κ2) is 6.47. The van der Waals surface area contributed by atoms with Crippen LogP contribution in [0.4, 0.5) is 0 Å². The Hall–Kier alpha value is -1.01. The van der Waals surface area contributed by atoms with E-state index in [1.807, 2.05) is 6.07 Å². The molecule has 3 heteroatoms. The van der Waals surface area contributed by atoms with Crippen LogP contribution in [0.5, 0.6) is 0 Å². The maximum absolute atomic E-state index is 8.47. The van der Waals surface area contributed by atoms with Gasteiger partial charge in [0, 0.05) is 12.3 Å². The lowest BCUT2D eigenvalue weighted by molar-refractivity contribution is 0.0433. The highest BCUT2D eigenvalue weighted by Gasteiger charge is 2.18. The Balaban J connectivity index is 2.42. The fraction of sp³-hybridized carbons (Fsp3) is 0.750. The first-order valence-electron chi connectivity index (χ1n) is 5.65. The second-order valence-electron chi connectivity index (χ2n) is 4.23. The minimum Gasteiger partial charge on any atom is -0.374 e. The zero-order valence-corrected chi connectivity index (χ0v) is 9.46. The summed E-state index contributed by atoms with van der Waals surface area (Å²) < 4.78 is 5.74. The maximum Gasteiger partial charge on any atom is 0.103 e. The molecule has 2 atom stereocenters. The lowest BCUT2D eigenvalue weighted by Crippen LogP contribution is -2.29. The van der Waals surface area contributed by atoms with Gasteiger partial charge in [0.2, 0.25) is 0 Å². The molecule has 1 aliphatic heterocycles. The molecule has 1 aliphatic rings. The SMILES string of the molecule is C=C(NCC#N)C1CC(C)CCCCO1. The Morgan fingerprint density at radius 2 is 2.40 bits per heavy atom. The smallest absolute Gasteiger partial charge is 0.103 e. The number of rotatable bonds is 3. The largest absolute Gasteiger partial charge is 0.374 e. The van der Waals surface area contributed by atoms with Crippen molar-refractivity contribution < 1.29 is 4.74 Å². The van der Waals surface area contributed by atoms with Gasteiger partial charge in [-0.2, -0.15) is 5.26 Å². The third kappa shape index (κ3) is 4.35. The van der Waals surface area contributed by atoms with Crippen molar-refractivity contribution in [3.8, 4) is 6.07 Å². The molecule has 2 unspecified atom stereocenters. The summed E-state index contributed by atoms with van der Waals surface area (Å²) in [6, 6.07) is 2.05.